The van der Waals surface area contributed by atoms with Gasteiger partial charge >= 0.3 is 6.09 Å². The smallest absolute Gasteiger partial charge is 0.404 e. The maximum absolute atomic E-state index is 10.5. The van der Waals surface area contributed by atoms with Gasteiger partial charge in [0.05, 0.1) is 0 Å². The molecule has 1 unspecified atom stereocenters. The average Bonchev–Trinajstić information content (AvgIpc) is 2.05. The molecule has 0 saturated heterocycles. The molecule has 1 aliphatic rings. The van der Waals surface area contributed by atoms with Crippen molar-refractivity contribution in [3.05, 3.63) is 0 Å². The van der Waals surface area contributed by atoms with E-state index in [0.29, 0.717) is 5.92 Å². The lowest BCUT2D eigenvalue weighted by molar-refractivity contribution is 0.0660. The Kier molecular flexibility index (Phi) is 3.38. The molecule has 0 bridgehead atoms. The van der Waals surface area contributed by atoms with Crippen LogP contribution in [0.15, 0.2) is 0 Å². The van der Waals surface area contributed by atoms with Gasteiger partial charge in [0.15, 0.2) is 0 Å². The van der Waals surface area contributed by atoms with Crippen molar-refractivity contribution in [2.24, 2.45) is 11.7 Å². The number of hydrogen-bond acceptors (Lipinski definition) is 2. The predicted molar refractivity (Wildman–Crippen MR) is 46.7 cm³/mol. The van der Waals surface area contributed by atoms with Gasteiger partial charge < -0.3 is 10.5 Å². The van der Waals surface area contributed by atoms with E-state index in [0.717, 1.165) is 0 Å². The second-order valence-electron chi connectivity index (χ2n) is 3.54. The molecule has 0 aliphatic heterocycles. The molecular weight excluding hydrogens is 154 g/mol. The summed E-state index contributed by atoms with van der Waals surface area (Å²) in [6.07, 6.45) is 5.55. The Morgan fingerprint density at radius 3 is 2.50 bits per heavy atom. The molecule has 2 N–H and O–H groups in total. The van der Waals surface area contributed by atoms with Gasteiger partial charge in [0.2, 0.25) is 0 Å². The molecule has 3 nitrogen and oxygen atoms in total. The summed E-state index contributed by atoms with van der Waals surface area (Å²) in [6.45, 7) is 1.93. The molecule has 0 aromatic heterocycles. The van der Waals surface area contributed by atoms with Gasteiger partial charge in [-0.2, -0.15) is 0 Å². The first kappa shape index (κ1) is 9.36. The number of rotatable bonds is 2. The first-order valence-corrected chi connectivity index (χ1v) is 4.66. The van der Waals surface area contributed by atoms with Gasteiger partial charge in [-0.3, -0.25) is 0 Å². The Morgan fingerprint density at radius 2 is 2.00 bits per heavy atom. The maximum Gasteiger partial charge on any atom is 0.404 e. The molecule has 0 aromatic carbocycles. The van der Waals surface area contributed by atoms with Crippen LogP contribution in [0.5, 0.6) is 0 Å². The Hall–Kier alpha value is -0.730. The molecule has 3 heteroatoms. The number of primary amides is 1. The van der Waals surface area contributed by atoms with E-state index >= 15 is 0 Å². The van der Waals surface area contributed by atoms with E-state index in [-0.39, 0.29) is 6.10 Å². The summed E-state index contributed by atoms with van der Waals surface area (Å²) in [4.78, 5) is 10.5. The molecule has 1 aliphatic carbocycles. The molecule has 0 heterocycles. The van der Waals surface area contributed by atoms with E-state index in [1.54, 1.807) is 0 Å². The Morgan fingerprint density at radius 1 is 1.42 bits per heavy atom. The van der Waals surface area contributed by atoms with Crippen LogP contribution in [0.3, 0.4) is 0 Å². The summed E-state index contributed by atoms with van der Waals surface area (Å²) >= 11 is 0. The summed E-state index contributed by atoms with van der Waals surface area (Å²) in [5.41, 5.74) is 4.94. The second kappa shape index (κ2) is 4.33. The molecule has 12 heavy (non-hydrogen) atoms. The van der Waals surface area contributed by atoms with Crippen molar-refractivity contribution in [2.75, 3.05) is 0 Å². The molecular formula is C9H17NO2. The zero-order chi connectivity index (χ0) is 8.97. The highest BCUT2D eigenvalue weighted by Gasteiger charge is 2.21. The molecule has 1 amide bonds. The fourth-order valence-electron chi connectivity index (χ4n) is 1.88. The monoisotopic (exact) mass is 171 g/mol. The zero-order valence-electron chi connectivity index (χ0n) is 7.58. The first-order chi connectivity index (χ1) is 5.70. The van der Waals surface area contributed by atoms with Crippen molar-refractivity contribution in [1.82, 2.24) is 0 Å². The highest BCUT2D eigenvalue weighted by molar-refractivity contribution is 5.64. The fourth-order valence-corrected chi connectivity index (χ4v) is 1.88. The van der Waals surface area contributed by atoms with E-state index in [1.807, 2.05) is 6.92 Å². The minimum atomic E-state index is -0.645. The van der Waals surface area contributed by atoms with Crippen molar-refractivity contribution >= 4 is 6.09 Å². The van der Waals surface area contributed by atoms with Crippen molar-refractivity contribution in [3.8, 4) is 0 Å². The summed E-state index contributed by atoms with van der Waals surface area (Å²) < 4.78 is 4.93. The first-order valence-electron chi connectivity index (χ1n) is 4.66. The van der Waals surface area contributed by atoms with E-state index in [1.165, 1.54) is 32.1 Å². The molecule has 70 valence electrons. The van der Waals surface area contributed by atoms with Gasteiger partial charge in [0.25, 0.3) is 0 Å². The van der Waals surface area contributed by atoms with Crippen LogP contribution in [-0.4, -0.2) is 12.2 Å². The predicted octanol–water partition coefficient (Wildman–Crippen LogP) is 2.05. The number of carbonyl (C=O) groups is 1. The maximum atomic E-state index is 10.5. The summed E-state index contributed by atoms with van der Waals surface area (Å²) in [5.74, 6) is 0.534. The van der Waals surface area contributed by atoms with Gasteiger partial charge in [-0.25, -0.2) is 4.79 Å². The summed E-state index contributed by atoms with van der Waals surface area (Å²) in [6, 6.07) is 0. The lowest BCUT2D eigenvalue weighted by atomic mass is 9.86. The van der Waals surface area contributed by atoms with Gasteiger partial charge in [0, 0.05) is 0 Å². The second-order valence-corrected chi connectivity index (χ2v) is 3.54. The standard InChI is InChI=1S/C9H17NO2/c1-7(12-9(10)11)8-5-3-2-4-6-8/h7-8H,2-6H2,1H3,(H2,10,11). The van der Waals surface area contributed by atoms with Crippen LogP contribution in [-0.2, 0) is 4.74 Å². The van der Waals surface area contributed by atoms with Crippen LogP contribution in [0.4, 0.5) is 4.79 Å². The number of hydrogen-bond donors (Lipinski definition) is 1. The van der Waals surface area contributed by atoms with Crippen LogP contribution < -0.4 is 5.73 Å². The lowest BCUT2D eigenvalue weighted by Crippen LogP contribution is -2.28. The summed E-state index contributed by atoms with van der Waals surface area (Å²) in [7, 11) is 0. The van der Waals surface area contributed by atoms with E-state index in [9.17, 15) is 4.79 Å². The number of carbonyl (C=O) groups excluding carboxylic acids is 1. The third-order valence-corrected chi connectivity index (χ3v) is 2.62. The van der Waals surface area contributed by atoms with Gasteiger partial charge in [-0.15, -0.1) is 0 Å². The van der Waals surface area contributed by atoms with E-state index in [4.69, 9.17) is 10.5 Å². The molecule has 1 rings (SSSR count). The van der Waals surface area contributed by atoms with Crippen LogP contribution in [0, 0.1) is 5.92 Å². The number of nitrogens with two attached hydrogens (primary N) is 1. The zero-order valence-corrected chi connectivity index (χ0v) is 7.58. The Labute approximate surface area is 73.3 Å². The topological polar surface area (TPSA) is 52.3 Å². The highest BCUT2D eigenvalue weighted by Crippen LogP contribution is 2.27. The van der Waals surface area contributed by atoms with Crippen LogP contribution in [0.2, 0.25) is 0 Å². The number of ether oxygens (including phenoxy) is 1. The quantitative estimate of drug-likeness (QED) is 0.691. The molecule has 0 radical (unpaired) electrons. The highest BCUT2D eigenvalue weighted by atomic mass is 16.6. The van der Waals surface area contributed by atoms with E-state index in [2.05, 4.69) is 0 Å². The fraction of sp³-hybridized carbons (Fsp3) is 0.889. The molecule has 1 saturated carbocycles. The normalized spacial score (nSPS) is 21.8. The van der Waals surface area contributed by atoms with Crippen molar-refractivity contribution in [1.29, 1.82) is 0 Å². The third-order valence-electron chi connectivity index (χ3n) is 2.62. The number of amides is 1. The average molecular weight is 171 g/mol. The van der Waals surface area contributed by atoms with Gasteiger partial charge in [-0.1, -0.05) is 19.3 Å². The molecule has 0 aromatic rings. The van der Waals surface area contributed by atoms with Crippen LogP contribution in [0.25, 0.3) is 0 Å². The molecule has 1 atom stereocenters. The minimum absolute atomic E-state index is 0.00259. The minimum Gasteiger partial charge on any atom is -0.446 e. The Bertz CT molecular complexity index is 153. The Balaban J connectivity index is 2.29. The van der Waals surface area contributed by atoms with Crippen LogP contribution >= 0.6 is 0 Å². The van der Waals surface area contributed by atoms with Crippen molar-refractivity contribution < 1.29 is 9.53 Å². The van der Waals surface area contributed by atoms with Gasteiger partial charge in [-0.05, 0) is 25.7 Å². The van der Waals surface area contributed by atoms with Crippen molar-refractivity contribution in [3.63, 3.8) is 0 Å². The van der Waals surface area contributed by atoms with Gasteiger partial charge in [0.1, 0.15) is 6.10 Å². The molecule has 1 fully saturated rings. The summed E-state index contributed by atoms with van der Waals surface area (Å²) in [5, 5.41) is 0. The SMILES string of the molecule is CC(OC(N)=O)C1CCCCC1. The van der Waals surface area contributed by atoms with E-state index < -0.39 is 6.09 Å². The van der Waals surface area contributed by atoms with Crippen molar-refractivity contribution in [2.45, 2.75) is 45.1 Å². The third kappa shape index (κ3) is 2.72. The largest absolute Gasteiger partial charge is 0.446 e. The lowest BCUT2D eigenvalue weighted by Gasteiger charge is -2.26. The van der Waals surface area contributed by atoms with Crippen LogP contribution in [0.1, 0.15) is 39.0 Å². The molecule has 0 spiro atoms.